The Kier molecular flexibility index (Phi) is 11.8. The first-order valence-corrected chi connectivity index (χ1v) is 12.6. The fourth-order valence-corrected chi connectivity index (χ4v) is 5.10. The molecule has 1 aliphatic heterocycles. The zero-order chi connectivity index (χ0) is 31.0. The summed E-state index contributed by atoms with van der Waals surface area (Å²) in [6.45, 7) is 2.60. The molecule has 0 radical (unpaired) electrons. The van der Waals surface area contributed by atoms with E-state index in [4.69, 9.17) is 28.0 Å². The number of rotatable bonds is 15. The molecule has 0 bridgehead atoms. The average Bonchev–Trinajstić information content (AvgIpc) is 2.87. The highest BCUT2D eigenvalue weighted by Gasteiger charge is 2.69. The molecule has 0 aromatic heterocycles. The van der Waals surface area contributed by atoms with E-state index in [0.717, 1.165) is 13.8 Å². The molecule has 3 amide bonds. The first-order valence-electron chi connectivity index (χ1n) is 13.3. The number of aliphatic hydroxyl groups is 2. The first kappa shape index (κ1) is 32.5. The molecule has 1 unspecified atom stereocenters. The van der Waals surface area contributed by atoms with E-state index in [1.54, 1.807) is 6.92 Å². The topological polar surface area (TPSA) is 266 Å². The Morgan fingerprint density at radius 1 is 1.26 bits per heavy atom. The third-order valence-electron chi connectivity index (χ3n) is 7.12. The van der Waals surface area contributed by atoms with E-state index in [-0.39, 0.29) is 26.2 Å². The molecule has 15 nitrogen and oxygen atoms in total. The van der Waals surface area contributed by atoms with Crippen LogP contribution in [0.5, 0.6) is 0 Å². The number of aliphatic hydroxyl groups excluding tert-OH is 2. The van der Waals surface area contributed by atoms with Gasteiger partial charge >= 0.3 is 11.9 Å². The van der Waals surface area contributed by atoms with Crippen LogP contribution in [0.3, 0.4) is 0 Å². The maximum Gasteiger partial charge on any atom is 0.332 e. The van der Waals surface area contributed by atoms with Gasteiger partial charge in [-0.15, -0.1) is 0 Å². The summed E-state index contributed by atoms with van der Waals surface area (Å²) in [4.78, 5) is 64.2. The molecule has 1 rings (SSSR count). The molecule has 1 heterocycles. The number of imide groups is 1. The molecular formula is C24H42N4O11. The summed E-state index contributed by atoms with van der Waals surface area (Å²) in [5, 5.41) is 40.1. The van der Waals surface area contributed by atoms with Crippen LogP contribution in [-0.2, 0) is 33.4 Å². The summed E-state index contributed by atoms with van der Waals surface area (Å²) >= 11 is 0. The number of ether oxygens (including phenoxy) is 2. The van der Waals surface area contributed by atoms with Gasteiger partial charge in [0.1, 0.15) is 23.9 Å². The van der Waals surface area contributed by atoms with Crippen molar-refractivity contribution in [2.45, 2.75) is 114 Å². The van der Waals surface area contributed by atoms with Crippen LogP contribution in [-0.4, -0.2) is 109 Å². The van der Waals surface area contributed by atoms with E-state index in [9.17, 15) is 44.4 Å². The van der Waals surface area contributed by atoms with Crippen molar-refractivity contribution >= 4 is 29.7 Å². The number of amides is 3. The van der Waals surface area contributed by atoms with Gasteiger partial charge in [0.2, 0.25) is 17.7 Å². The molecule has 0 saturated carbocycles. The van der Waals surface area contributed by atoms with Crippen molar-refractivity contribution < 1.29 is 55.2 Å². The van der Waals surface area contributed by atoms with Crippen LogP contribution in [0.25, 0.3) is 0 Å². The third kappa shape index (κ3) is 6.73. The van der Waals surface area contributed by atoms with E-state index in [1.807, 2.05) is 0 Å². The minimum atomic E-state index is -2.66. The summed E-state index contributed by atoms with van der Waals surface area (Å²) < 4.78 is 19.1. The Morgan fingerprint density at radius 2 is 1.87 bits per heavy atom. The zero-order valence-electron chi connectivity index (χ0n) is 23.4. The van der Waals surface area contributed by atoms with Crippen molar-refractivity contribution in [1.82, 2.24) is 4.90 Å². The number of carbonyl (C=O) groups excluding carboxylic acids is 3. The summed E-state index contributed by atoms with van der Waals surface area (Å²) in [5.41, 5.74) is 13.5. The van der Waals surface area contributed by atoms with Crippen molar-refractivity contribution in [2.75, 3.05) is 6.61 Å². The van der Waals surface area contributed by atoms with Gasteiger partial charge in [0, 0.05) is 14.7 Å². The number of unbranched alkanes of at least 4 members (excludes halogenated alkanes) is 1. The summed E-state index contributed by atoms with van der Waals surface area (Å²) in [5.74, 6) is -6.47. The monoisotopic (exact) mass is 563 g/mol. The minimum absolute atomic E-state index is 0.198. The largest absolute Gasteiger partial charge is 0.481 e. The molecule has 1 aliphatic rings. The number of hydrogen-bond donors (Lipinski definition) is 7. The van der Waals surface area contributed by atoms with Gasteiger partial charge in [-0.2, -0.15) is 0 Å². The molecule has 39 heavy (non-hydrogen) atoms. The third-order valence-corrected chi connectivity index (χ3v) is 7.12. The highest BCUT2D eigenvalue weighted by Crippen LogP contribution is 2.47. The first-order chi connectivity index (χ1) is 18.6. The lowest BCUT2D eigenvalue weighted by molar-refractivity contribution is -0.281. The standard InChI is InChI=1S/C24H42N4O11/c1-5-7-9-24(19(26)18(38-12(3)21(35)36)17(33)15(11-29)39-24)23(22(27)37,10-8-16(31)32)28(13(4)30)20(34)14(25)6-2/h12,14-15,17-19,29,33H,5-11,25-26H2,1-4H3,(H2,27,37)(H,31,32)(H,35,36)/t12-,14+,15-,17-,18+,19-,23+,24?/m1/s1/i2D. The zero-order valence-corrected chi connectivity index (χ0v) is 22.4. The predicted molar refractivity (Wildman–Crippen MR) is 135 cm³/mol. The maximum atomic E-state index is 13.6. The van der Waals surface area contributed by atoms with Gasteiger partial charge in [0.25, 0.3) is 0 Å². The van der Waals surface area contributed by atoms with Crippen molar-refractivity contribution in [3.8, 4) is 0 Å². The second-order valence-corrected chi connectivity index (χ2v) is 9.64. The molecule has 1 saturated heterocycles. The van der Waals surface area contributed by atoms with Gasteiger partial charge in [-0.1, -0.05) is 26.7 Å². The lowest BCUT2D eigenvalue weighted by atomic mass is 9.64. The minimum Gasteiger partial charge on any atom is -0.481 e. The quantitative estimate of drug-likeness (QED) is 0.114. The predicted octanol–water partition coefficient (Wildman–Crippen LogP) is -1.95. The number of nitrogens with zero attached hydrogens (tertiary/aromatic N) is 1. The van der Waals surface area contributed by atoms with Gasteiger partial charge in [-0.3, -0.25) is 24.1 Å². The summed E-state index contributed by atoms with van der Waals surface area (Å²) in [6, 6.07) is -3.17. The number of hydrogen-bond acceptors (Lipinski definition) is 11. The van der Waals surface area contributed by atoms with Crippen LogP contribution in [0, 0.1) is 0 Å². The second-order valence-electron chi connectivity index (χ2n) is 9.64. The van der Waals surface area contributed by atoms with Gasteiger partial charge in [0.05, 0.1) is 18.7 Å². The Labute approximate surface area is 228 Å². The maximum absolute atomic E-state index is 13.6. The highest BCUT2D eigenvalue weighted by molar-refractivity contribution is 6.04. The van der Waals surface area contributed by atoms with Crippen molar-refractivity contribution in [1.29, 1.82) is 0 Å². The number of carboxylic acids is 2. The van der Waals surface area contributed by atoms with Crippen molar-refractivity contribution in [2.24, 2.45) is 17.2 Å². The summed E-state index contributed by atoms with van der Waals surface area (Å²) in [6.07, 6.45) is -8.01. The molecule has 10 N–H and O–H groups in total. The van der Waals surface area contributed by atoms with Crippen LogP contribution < -0.4 is 17.2 Å². The van der Waals surface area contributed by atoms with E-state index in [0.29, 0.717) is 11.3 Å². The molecule has 0 aliphatic carbocycles. The van der Waals surface area contributed by atoms with Crippen LogP contribution in [0.2, 0.25) is 0 Å². The van der Waals surface area contributed by atoms with Gasteiger partial charge in [0.15, 0.2) is 11.6 Å². The Balaban J connectivity index is 4.20. The normalized spacial score (nSPS) is 28.4. The Morgan fingerprint density at radius 3 is 2.31 bits per heavy atom. The number of aliphatic carboxylic acids is 2. The fourth-order valence-electron chi connectivity index (χ4n) is 5.10. The number of carbonyl (C=O) groups is 5. The van der Waals surface area contributed by atoms with E-state index < -0.39 is 96.7 Å². The van der Waals surface area contributed by atoms with Gasteiger partial charge in [-0.05, 0) is 26.2 Å². The molecular weight excluding hydrogens is 520 g/mol. The Bertz CT molecular complexity index is 940. The molecule has 224 valence electrons. The molecule has 8 atom stereocenters. The number of carboxylic acid groups (broad SMARTS) is 2. The lowest BCUT2D eigenvalue weighted by Crippen LogP contribution is -2.84. The average molecular weight is 564 g/mol. The molecule has 1 fully saturated rings. The molecule has 0 spiro atoms. The van der Waals surface area contributed by atoms with Gasteiger partial charge < -0.3 is 47.1 Å². The van der Waals surface area contributed by atoms with E-state index >= 15 is 0 Å². The smallest absolute Gasteiger partial charge is 0.332 e. The van der Waals surface area contributed by atoms with Gasteiger partial charge in [-0.25, -0.2) is 4.79 Å². The van der Waals surface area contributed by atoms with Crippen molar-refractivity contribution in [3.63, 3.8) is 0 Å². The van der Waals surface area contributed by atoms with E-state index in [1.165, 1.54) is 0 Å². The van der Waals surface area contributed by atoms with Crippen LogP contribution in [0.15, 0.2) is 0 Å². The van der Waals surface area contributed by atoms with Crippen LogP contribution in [0.4, 0.5) is 0 Å². The van der Waals surface area contributed by atoms with Crippen LogP contribution in [0.1, 0.15) is 67.6 Å². The van der Waals surface area contributed by atoms with E-state index in [2.05, 4.69) is 0 Å². The fraction of sp³-hybridized carbons (Fsp3) is 0.792. The molecule has 0 aromatic rings. The molecule has 0 aromatic carbocycles. The highest BCUT2D eigenvalue weighted by atomic mass is 16.6. The van der Waals surface area contributed by atoms with Crippen LogP contribution >= 0.6 is 0 Å². The lowest BCUT2D eigenvalue weighted by Gasteiger charge is -2.60. The van der Waals surface area contributed by atoms with Crippen molar-refractivity contribution in [3.05, 3.63) is 0 Å². The number of nitrogens with two attached hydrogens (primary N) is 3. The molecule has 15 heteroatoms. The summed E-state index contributed by atoms with van der Waals surface area (Å²) in [7, 11) is 0. The SMILES string of the molecule is [2H]CC[C@H](N)C(=O)N(C(C)=O)[C@@](CCC(=O)O)(C(N)=O)C1(CCCC)O[C@H](CO)[C@@H](O)[C@H](O[C@H](C)C(=O)O)[C@H]1N. The Hall–Kier alpha value is -2.69. The number of primary amides is 1. The second kappa shape index (κ2) is 14.1.